The second-order valence-corrected chi connectivity index (χ2v) is 6.88. The summed E-state index contributed by atoms with van der Waals surface area (Å²) in [4.78, 5) is 11.3. The first-order valence-corrected chi connectivity index (χ1v) is 8.56. The minimum atomic E-state index is -0.347. The van der Waals surface area contributed by atoms with Gasteiger partial charge in [-0.25, -0.2) is 9.97 Å². The van der Waals surface area contributed by atoms with Crippen molar-refractivity contribution in [3.05, 3.63) is 28.9 Å². The molecule has 0 saturated carbocycles. The molecule has 0 amide bonds. The number of hydrogen-bond donors (Lipinski definition) is 2. The Kier molecular flexibility index (Phi) is 3.70. The van der Waals surface area contributed by atoms with E-state index >= 15 is 0 Å². The van der Waals surface area contributed by atoms with Gasteiger partial charge in [0, 0.05) is 11.9 Å². The van der Waals surface area contributed by atoms with Crippen molar-refractivity contribution in [3.8, 4) is 0 Å². The van der Waals surface area contributed by atoms with Crippen LogP contribution in [0.15, 0.2) is 12.7 Å². The number of aryl methyl sites for hydroxylation is 3. The Hall–Kier alpha value is -2.06. The average molecular weight is 330 g/mol. The molecule has 3 aromatic rings. The summed E-state index contributed by atoms with van der Waals surface area (Å²) in [5.74, 6) is 1.46. The van der Waals surface area contributed by atoms with Crippen molar-refractivity contribution in [1.29, 1.82) is 0 Å². The fourth-order valence-electron chi connectivity index (χ4n) is 3.16. The molecule has 0 unspecified atom stereocenters. The molecule has 3 heterocycles. The molecule has 0 bridgehead atoms. The van der Waals surface area contributed by atoms with Gasteiger partial charge in [0.1, 0.15) is 29.3 Å². The highest BCUT2D eigenvalue weighted by Crippen LogP contribution is 2.38. The molecule has 0 fully saturated rings. The Balaban J connectivity index is 1.76. The van der Waals surface area contributed by atoms with Crippen LogP contribution < -0.4 is 5.32 Å². The molecule has 2 N–H and O–H groups in total. The van der Waals surface area contributed by atoms with Gasteiger partial charge in [0.05, 0.1) is 12.0 Å². The lowest BCUT2D eigenvalue weighted by molar-refractivity contribution is 0.270. The lowest BCUT2D eigenvalue weighted by Gasteiger charge is -2.17. The molecule has 0 spiro atoms. The normalized spacial score (nSPS) is 15.6. The molecule has 0 aromatic carbocycles. The van der Waals surface area contributed by atoms with Crippen LogP contribution >= 0.6 is 11.3 Å². The van der Waals surface area contributed by atoms with Gasteiger partial charge >= 0.3 is 0 Å². The van der Waals surface area contributed by atoms with E-state index in [1.165, 1.54) is 23.3 Å². The van der Waals surface area contributed by atoms with E-state index < -0.39 is 0 Å². The smallest absolute Gasteiger partial charge is 0.157 e. The number of nitrogens with zero attached hydrogens (tertiary/aromatic N) is 5. The summed E-state index contributed by atoms with van der Waals surface area (Å²) < 4.78 is 1.80. The van der Waals surface area contributed by atoms with E-state index in [0.717, 1.165) is 28.9 Å². The Morgan fingerprint density at radius 1 is 1.35 bits per heavy atom. The molecule has 8 heteroatoms. The van der Waals surface area contributed by atoms with Crippen LogP contribution in [0.4, 0.5) is 5.82 Å². The maximum Gasteiger partial charge on any atom is 0.157 e. The zero-order chi connectivity index (χ0) is 15.8. The number of aliphatic hydroxyl groups excluding tert-OH is 1. The summed E-state index contributed by atoms with van der Waals surface area (Å²) in [7, 11) is 1.86. The highest BCUT2D eigenvalue weighted by molar-refractivity contribution is 7.19. The highest BCUT2D eigenvalue weighted by Gasteiger charge is 2.22. The molecular weight excluding hydrogens is 312 g/mol. The van der Waals surface area contributed by atoms with E-state index in [1.54, 1.807) is 28.6 Å². The van der Waals surface area contributed by atoms with Crippen LogP contribution in [0.25, 0.3) is 10.2 Å². The minimum Gasteiger partial charge on any atom is -0.394 e. The molecule has 0 aliphatic heterocycles. The second kappa shape index (κ2) is 5.86. The second-order valence-electron chi connectivity index (χ2n) is 5.79. The molecule has 1 aliphatic carbocycles. The number of aliphatic hydroxyl groups is 1. The molecule has 4 rings (SSSR count). The molecule has 1 aliphatic rings. The molecule has 120 valence electrons. The summed E-state index contributed by atoms with van der Waals surface area (Å²) in [6.07, 6.45) is 7.86. The van der Waals surface area contributed by atoms with E-state index in [0.29, 0.717) is 5.82 Å². The molecule has 0 radical (unpaired) electrons. The third-order valence-electron chi connectivity index (χ3n) is 4.30. The van der Waals surface area contributed by atoms with Crippen LogP contribution in [0.2, 0.25) is 0 Å². The van der Waals surface area contributed by atoms with E-state index in [1.807, 2.05) is 7.05 Å². The van der Waals surface area contributed by atoms with E-state index in [2.05, 4.69) is 25.5 Å². The highest BCUT2D eigenvalue weighted by atomic mass is 32.1. The topological polar surface area (TPSA) is 88.8 Å². The Labute approximate surface area is 137 Å². The van der Waals surface area contributed by atoms with Gasteiger partial charge in [0.25, 0.3) is 0 Å². The van der Waals surface area contributed by atoms with Gasteiger partial charge in [-0.15, -0.1) is 21.5 Å². The van der Waals surface area contributed by atoms with Crippen molar-refractivity contribution in [2.45, 2.75) is 31.7 Å². The van der Waals surface area contributed by atoms with Crippen molar-refractivity contribution < 1.29 is 5.11 Å². The van der Waals surface area contributed by atoms with Gasteiger partial charge in [-0.05, 0) is 31.2 Å². The number of anilines is 1. The quantitative estimate of drug-likeness (QED) is 0.759. The number of hydrogen-bond acceptors (Lipinski definition) is 7. The fraction of sp³-hybridized carbons (Fsp3) is 0.467. The SMILES string of the molecule is Cn1cnnc1[C@H](CO)Nc1ncnc2sc3c(c12)CCCC3. The molecule has 3 aromatic heterocycles. The number of thiophene rings is 1. The van der Waals surface area contributed by atoms with Crippen LogP contribution in [0.3, 0.4) is 0 Å². The summed E-state index contributed by atoms with van der Waals surface area (Å²) >= 11 is 1.76. The standard InChI is InChI=1S/C15H18N6OS/c1-21-8-18-20-14(21)10(6-22)19-13-12-9-4-2-3-5-11(9)23-15(12)17-7-16-13/h7-8,10,22H,2-6H2,1H3,(H,16,17,19)/t10-/m0/s1. The van der Waals surface area contributed by atoms with Gasteiger partial charge in [-0.1, -0.05) is 0 Å². The Bertz CT molecular complexity index is 842. The lowest BCUT2D eigenvalue weighted by Crippen LogP contribution is -2.20. The summed E-state index contributed by atoms with van der Waals surface area (Å²) in [6, 6.07) is -0.347. The maximum absolute atomic E-state index is 9.76. The predicted octanol–water partition coefficient (Wildman–Crippen LogP) is 1.84. The van der Waals surface area contributed by atoms with Crippen LogP contribution in [0, 0.1) is 0 Å². The van der Waals surface area contributed by atoms with Gasteiger partial charge in [-0.3, -0.25) is 0 Å². The minimum absolute atomic E-state index is 0.0790. The van der Waals surface area contributed by atoms with Crippen LogP contribution in [0.1, 0.15) is 35.1 Å². The average Bonchev–Trinajstić information content (AvgIpc) is 3.16. The number of aromatic nitrogens is 5. The summed E-state index contributed by atoms with van der Waals surface area (Å²) in [5.41, 5.74) is 1.37. The Morgan fingerprint density at radius 3 is 3.00 bits per heavy atom. The van der Waals surface area contributed by atoms with Gasteiger partial charge in [-0.2, -0.15) is 0 Å². The first-order chi connectivity index (χ1) is 11.3. The van der Waals surface area contributed by atoms with Crippen molar-refractivity contribution in [1.82, 2.24) is 24.7 Å². The number of fused-ring (bicyclic) bond motifs is 3. The van der Waals surface area contributed by atoms with Crippen LogP contribution in [-0.2, 0) is 19.9 Å². The fourth-order valence-corrected chi connectivity index (χ4v) is 4.39. The van der Waals surface area contributed by atoms with E-state index in [4.69, 9.17) is 0 Å². The largest absolute Gasteiger partial charge is 0.394 e. The summed E-state index contributed by atoms with van der Waals surface area (Å²) in [6.45, 7) is -0.0790. The number of rotatable bonds is 4. The van der Waals surface area contributed by atoms with Gasteiger partial charge in [0.15, 0.2) is 5.82 Å². The zero-order valence-corrected chi connectivity index (χ0v) is 13.7. The molecule has 23 heavy (non-hydrogen) atoms. The molecule has 7 nitrogen and oxygen atoms in total. The van der Waals surface area contributed by atoms with Crippen molar-refractivity contribution >= 4 is 27.4 Å². The third kappa shape index (κ3) is 2.47. The maximum atomic E-state index is 9.76. The third-order valence-corrected chi connectivity index (χ3v) is 5.50. The van der Waals surface area contributed by atoms with Gasteiger partial charge < -0.3 is 15.0 Å². The first kappa shape index (κ1) is 14.5. The van der Waals surface area contributed by atoms with Crippen molar-refractivity contribution in [2.24, 2.45) is 7.05 Å². The monoisotopic (exact) mass is 330 g/mol. The van der Waals surface area contributed by atoms with E-state index in [-0.39, 0.29) is 12.6 Å². The van der Waals surface area contributed by atoms with Gasteiger partial charge in [0.2, 0.25) is 0 Å². The van der Waals surface area contributed by atoms with E-state index in [9.17, 15) is 5.11 Å². The molecule has 0 saturated heterocycles. The Morgan fingerprint density at radius 2 is 2.22 bits per heavy atom. The molecule has 1 atom stereocenters. The van der Waals surface area contributed by atoms with Crippen molar-refractivity contribution in [2.75, 3.05) is 11.9 Å². The predicted molar refractivity (Wildman–Crippen MR) is 88.5 cm³/mol. The summed E-state index contributed by atoms with van der Waals surface area (Å²) in [5, 5.41) is 22.2. The number of nitrogens with one attached hydrogen (secondary N) is 1. The van der Waals surface area contributed by atoms with Crippen LogP contribution in [-0.4, -0.2) is 36.4 Å². The van der Waals surface area contributed by atoms with Crippen LogP contribution in [0.5, 0.6) is 0 Å². The lowest BCUT2D eigenvalue weighted by atomic mass is 9.97. The first-order valence-electron chi connectivity index (χ1n) is 7.74. The molecular formula is C15H18N6OS. The van der Waals surface area contributed by atoms with Crippen molar-refractivity contribution in [3.63, 3.8) is 0 Å². The zero-order valence-electron chi connectivity index (χ0n) is 12.9.